The summed E-state index contributed by atoms with van der Waals surface area (Å²) >= 11 is 0. The van der Waals surface area contributed by atoms with Crippen LogP contribution in [0.25, 0.3) is 44.6 Å². The van der Waals surface area contributed by atoms with Crippen LogP contribution < -0.4 is 31.2 Å². The van der Waals surface area contributed by atoms with Crippen LogP contribution >= 0.6 is 0 Å². The smallest absolute Gasteiger partial charge is 0.415 e. The van der Waals surface area contributed by atoms with Crippen molar-refractivity contribution in [2.45, 2.75) is 220 Å². The first-order chi connectivity index (χ1) is 52.1. The molecule has 584 valence electrons. The minimum absolute atomic E-state index is 0.0178. The van der Waals surface area contributed by atoms with E-state index in [9.17, 15) is 53.1 Å². The van der Waals surface area contributed by atoms with Crippen molar-refractivity contribution < 1.29 is 81.4 Å². The van der Waals surface area contributed by atoms with Crippen molar-refractivity contribution in [3.8, 4) is 34.3 Å². The highest BCUT2D eigenvalue weighted by Crippen LogP contribution is 2.45. The number of benzene rings is 2. The highest BCUT2D eigenvalue weighted by molar-refractivity contribution is 5.93. The molecule has 0 saturated carbocycles. The third-order valence-electron chi connectivity index (χ3n) is 21.7. The molecule has 6 aromatic rings. The molecular weight excluding hydrogens is 1400 g/mol. The number of cyclic esters (lactones) is 2. The van der Waals surface area contributed by atoms with E-state index in [0.717, 1.165) is 77.3 Å². The van der Waals surface area contributed by atoms with Crippen molar-refractivity contribution in [3.63, 3.8) is 0 Å². The van der Waals surface area contributed by atoms with Crippen LogP contribution in [-0.2, 0) is 97.9 Å². The molecule has 8 aliphatic rings. The van der Waals surface area contributed by atoms with E-state index in [2.05, 4.69) is 32.1 Å². The van der Waals surface area contributed by atoms with Crippen molar-refractivity contribution in [1.29, 1.82) is 0 Å². The molecule has 2 atom stereocenters. The number of esters is 3. The number of piperidine rings is 4. The third-order valence-corrected chi connectivity index (χ3v) is 21.7. The summed E-state index contributed by atoms with van der Waals surface area (Å²) in [5, 5.41) is 17.4. The molecule has 2 unspecified atom stereocenters. The van der Waals surface area contributed by atoms with Gasteiger partial charge in [0.25, 0.3) is 17.6 Å². The van der Waals surface area contributed by atoms with Gasteiger partial charge in [0, 0.05) is 71.3 Å². The molecule has 0 radical (unpaired) electrons. The molecule has 12 heterocycles. The van der Waals surface area contributed by atoms with Crippen molar-refractivity contribution >= 4 is 70.6 Å². The Labute approximate surface area is 632 Å². The highest BCUT2D eigenvalue weighted by Gasteiger charge is 2.51. The van der Waals surface area contributed by atoms with Gasteiger partial charge in [0.2, 0.25) is 5.60 Å². The lowest BCUT2D eigenvalue weighted by molar-refractivity contribution is -0.188. The Balaban J connectivity index is 0.000000180. The van der Waals surface area contributed by atoms with Crippen molar-refractivity contribution in [3.05, 3.63) is 114 Å². The number of aryl methyl sites for hydroxylation is 2. The summed E-state index contributed by atoms with van der Waals surface area (Å²) in [6.07, 6.45) is 10.8. The normalized spacial score (nSPS) is 19.8. The Hall–Kier alpha value is -10.0. The molecule has 0 aliphatic carbocycles. The van der Waals surface area contributed by atoms with E-state index in [1.54, 1.807) is 93.7 Å². The second kappa shape index (κ2) is 32.7. The fraction of sp³-hybridized carbons (Fsp3) is 0.550. The summed E-state index contributed by atoms with van der Waals surface area (Å²) in [5.41, 5.74) is 2.77. The van der Waals surface area contributed by atoms with Crippen LogP contribution in [0.3, 0.4) is 0 Å². The minimum atomic E-state index is -1.91. The third kappa shape index (κ3) is 16.6. The number of hydrogen-bond donors (Lipinski definition) is 3. The number of rotatable bonds is 14. The Morgan fingerprint density at radius 1 is 0.569 bits per heavy atom. The number of hydrogen-bond acceptors (Lipinski definition) is 23. The quantitative estimate of drug-likeness (QED) is 0.0299. The lowest BCUT2D eigenvalue weighted by atomic mass is 9.85. The van der Waals surface area contributed by atoms with Crippen LogP contribution in [0.5, 0.6) is 11.5 Å². The molecule has 4 saturated heterocycles. The average molecular weight is 1510 g/mol. The fourth-order valence-corrected chi connectivity index (χ4v) is 16.2. The largest absolute Gasteiger partial charge is 0.458 e. The Morgan fingerprint density at radius 2 is 1.01 bits per heavy atom. The lowest BCUT2D eigenvalue weighted by Crippen LogP contribution is -2.49. The average Bonchev–Trinajstić information content (AvgIpc) is 1.60. The fourth-order valence-electron chi connectivity index (χ4n) is 16.2. The number of pyridine rings is 4. The molecule has 8 aliphatic heterocycles. The van der Waals surface area contributed by atoms with Crippen LogP contribution in [0.1, 0.15) is 191 Å². The minimum Gasteiger partial charge on any atom is -0.458 e. The first-order valence-electron chi connectivity index (χ1n) is 38.2. The second-order valence-corrected chi connectivity index (χ2v) is 30.9. The maximum Gasteiger partial charge on any atom is 0.415 e. The summed E-state index contributed by atoms with van der Waals surface area (Å²) in [4.78, 5) is 144. The zero-order valence-electron chi connectivity index (χ0n) is 64.0. The molecule has 14 rings (SSSR count). The number of fused-ring (bicyclic) bond motifs is 10. The number of aromatic nitrogens is 4. The van der Waals surface area contributed by atoms with Crippen LogP contribution in [-0.4, -0.2) is 181 Å². The van der Waals surface area contributed by atoms with Gasteiger partial charge in [-0.15, -0.1) is 0 Å². The number of carbonyl (C=O) groups excluding carboxylic acids is 8. The SMILES string of the molecule is CC(C)(C)OC(=O)NCOC=O.CCc1c2c(nc3ccc(OC(=O)N4CCC(N5CCCCC5)CC4)cc13)-c1cc3c(c(=O)n1C2)COC(=O)C3(CC)OC(=O)CNC(=O)OC(C)(C)C.CCc1c2c(nc3ccc(OC(=O)N4CCC(N5CCCCC5)CC4)cc13)-c1cc3c(c(=O)n1C2)COC(=O)C3(O)CC. The van der Waals surface area contributed by atoms with Crippen molar-refractivity contribution in [2.24, 2.45) is 0 Å². The van der Waals surface area contributed by atoms with Crippen LogP contribution in [0.4, 0.5) is 19.2 Å². The van der Waals surface area contributed by atoms with Gasteiger partial charge in [-0.2, -0.15) is 0 Å². The van der Waals surface area contributed by atoms with E-state index in [4.69, 9.17) is 43.1 Å². The molecule has 4 amide bonds. The molecule has 2 aromatic carbocycles. The number of alkyl carbamates (subject to hydrolysis) is 2. The standard InChI is InChI=1S/C40H49N5O9.C33H38N4O6.C7H13NO4/c1-6-26-27-19-25(52-38(50)44-17-13-24(14-18-44)43-15-9-8-10-16-43)11-12-31(27)42-34-28(26)22-45-32(34)20-30-29(35(45)47)23-51-36(48)40(30,7-2)53-33(46)21-41-37(49)54-39(3,4)5;1-3-22-23-16-21(43-32(40)36-14-10-20(11-15-36)35-12-6-5-7-13-35)8-9-27(23)34-29-24(22)18-37-28(29)17-26-25(30(37)38)19-42-31(39)33(26,41)4-2;1-7(2,3)12-6(10)8-4-11-5-9/h11-12,19-20,24H,6-10,13-18,21-23H2,1-5H3,(H,41,49);8-9,16-17,20,41H,3-7,10-15,18-19H2,1-2H3;5H,4H2,1-3H3,(H,8,10). The van der Waals surface area contributed by atoms with Gasteiger partial charge in [0.1, 0.15) is 42.5 Å². The first-order valence-corrected chi connectivity index (χ1v) is 38.2. The van der Waals surface area contributed by atoms with E-state index in [0.29, 0.717) is 109 Å². The summed E-state index contributed by atoms with van der Waals surface area (Å²) in [6, 6.07) is 15.4. The number of nitrogens with zero attached hydrogens (tertiary/aromatic N) is 8. The zero-order chi connectivity index (χ0) is 77.9. The predicted molar refractivity (Wildman–Crippen MR) is 399 cm³/mol. The van der Waals surface area contributed by atoms with E-state index in [1.807, 2.05) is 36.1 Å². The van der Waals surface area contributed by atoms with Gasteiger partial charge in [-0.25, -0.2) is 38.7 Å². The van der Waals surface area contributed by atoms with E-state index >= 15 is 0 Å². The zero-order valence-corrected chi connectivity index (χ0v) is 64.0. The Kier molecular flexibility index (Phi) is 23.6. The molecule has 4 fully saturated rings. The van der Waals surface area contributed by atoms with E-state index in [1.165, 1.54) is 51.6 Å². The molecule has 0 spiro atoms. The summed E-state index contributed by atoms with van der Waals surface area (Å²) in [5.74, 6) is -1.54. The van der Waals surface area contributed by atoms with Gasteiger partial charge < -0.3 is 77.1 Å². The molecule has 3 N–H and O–H groups in total. The van der Waals surface area contributed by atoms with Gasteiger partial charge in [-0.3, -0.25) is 24.5 Å². The number of nitrogens with one attached hydrogen (secondary N) is 2. The summed E-state index contributed by atoms with van der Waals surface area (Å²) in [7, 11) is 0. The highest BCUT2D eigenvalue weighted by atomic mass is 16.6. The maximum atomic E-state index is 14.1. The number of ether oxygens (including phenoxy) is 8. The Morgan fingerprint density at radius 3 is 1.44 bits per heavy atom. The van der Waals surface area contributed by atoms with Gasteiger partial charge in [0.05, 0.1) is 58.0 Å². The topological polar surface area (TPSA) is 337 Å². The van der Waals surface area contributed by atoms with E-state index < -0.39 is 59.0 Å². The van der Waals surface area contributed by atoms with Crippen LogP contribution in [0, 0.1) is 0 Å². The van der Waals surface area contributed by atoms with Crippen LogP contribution in [0.2, 0.25) is 0 Å². The maximum absolute atomic E-state index is 14.1. The van der Waals surface area contributed by atoms with E-state index in [-0.39, 0.29) is 80.2 Å². The molecule has 4 aromatic heterocycles. The second-order valence-electron chi connectivity index (χ2n) is 30.9. The predicted octanol–water partition coefficient (Wildman–Crippen LogP) is 9.90. The summed E-state index contributed by atoms with van der Waals surface area (Å²) < 4.78 is 45.7. The van der Waals surface area contributed by atoms with Gasteiger partial charge in [0.15, 0.2) is 12.3 Å². The molecule has 29 heteroatoms. The lowest BCUT2D eigenvalue weighted by Gasteiger charge is -2.39. The Bertz CT molecular complexity index is 4650. The first kappa shape index (κ1) is 78.6. The van der Waals surface area contributed by atoms with Gasteiger partial charge in [-0.05, 0) is 204 Å². The van der Waals surface area contributed by atoms with Gasteiger partial charge >= 0.3 is 42.3 Å². The number of carbonyl (C=O) groups is 8. The number of aliphatic hydroxyl groups is 1. The monoisotopic (exact) mass is 1500 g/mol. The molecule has 109 heavy (non-hydrogen) atoms. The molecular formula is C80H100N10O19. The van der Waals surface area contributed by atoms with Crippen molar-refractivity contribution in [2.75, 3.05) is 65.6 Å². The van der Waals surface area contributed by atoms with Crippen molar-refractivity contribution in [1.82, 2.24) is 49.3 Å². The summed E-state index contributed by atoms with van der Waals surface area (Å²) in [6.45, 7) is 24.7. The molecule has 0 bridgehead atoms. The molecule has 29 nitrogen and oxygen atoms in total. The van der Waals surface area contributed by atoms with Gasteiger partial charge in [-0.1, -0.05) is 40.5 Å². The number of likely N-dealkylation sites (tertiary alicyclic amines) is 4. The van der Waals surface area contributed by atoms with Crippen LogP contribution in [0.15, 0.2) is 58.1 Å². The number of amides is 4.